The zero-order chi connectivity index (χ0) is 24.2. The number of sulfonamides is 1. The average Bonchev–Trinajstić information content (AvgIpc) is 2.75. The fraction of sp³-hybridized carbons (Fsp3) is 0.174. The number of carbonyl (C=O) groups excluding carboxylic acids is 2. The number of aryl methyl sites for hydroxylation is 2. The van der Waals surface area contributed by atoms with Crippen LogP contribution in [0.15, 0.2) is 65.7 Å². The summed E-state index contributed by atoms with van der Waals surface area (Å²) in [7, 11) is -3.97. The van der Waals surface area contributed by atoms with E-state index in [1.54, 1.807) is 37.3 Å². The maximum Gasteiger partial charge on any atom is 0.338 e. The maximum absolute atomic E-state index is 12.9. The SMILES string of the molecule is Cc1cccc(NS(=O)(=O)c2cc(C(=O)OC(C)C(=O)Nc3cccnc3Cl)ccc2C)c1. The topological polar surface area (TPSA) is 114 Å². The molecule has 1 heterocycles. The van der Waals surface area contributed by atoms with Crippen LogP contribution in [0.5, 0.6) is 0 Å². The summed E-state index contributed by atoms with van der Waals surface area (Å²) in [5, 5.41) is 2.62. The zero-order valence-electron chi connectivity index (χ0n) is 18.1. The van der Waals surface area contributed by atoms with E-state index in [9.17, 15) is 18.0 Å². The number of pyridine rings is 1. The fourth-order valence-electron chi connectivity index (χ4n) is 2.93. The zero-order valence-corrected chi connectivity index (χ0v) is 19.7. The van der Waals surface area contributed by atoms with Crippen molar-refractivity contribution in [1.82, 2.24) is 4.98 Å². The molecular formula is C23H22ClN3O5S. The lowest BCUT2D eigenvalue weighted by molar-refractivity contribution is -0.123. The van der Waals surface area contributed by atoms with Crippen molar-refractivity contribution in [3.05, 3.63) is 82.6 Å². The normalized spacial score (nSPS) is 12.0. The van der Waals surface area contributed by atoms with Gasteiger partial charge in [-0.1, -0.05) is 29.8 Å². The maximum atomic E-state index is 12.9. The molecule has 1 unspecified atom stereocenters. The number of anilines is 2. The van der Waals surface area contributed by atoms with Gasteiger partial charge in [0.25, 0.3) is 15.9 Å². The van der Waals surface area contributed by atoms with E-state index in [0.717, 1.165) is 5.56 Å². The number of rotatable bonds is 7. The van der Waals surface area contributed by atoms with E-state index >= 15 is 0 Å². The average molecular weight is 488 g/mol. The van der Waals surface area contributed by atoms with Crippen LogP contribution < -0.4 is 10.0 Å². The molecule has 3 aromatic rings. The summed E-state index contributed by atoms with van der Waals surface area (Å²) >= 11 is 5.92. The third-order valence-corrected chi connectivity index (χ3v) is 6.48. The molecule has 10 heteroatoms. The number of aromatic nitrogens is 1. The summed E-state index contributed by atoms with van der Waals surface area (Å²) in [6.07, 6.45) is 0.304. The Morgan fingerprint density at radius 2 is 1.82 bits per heavy atom. The van der Waals surface area contributed by atoms with E-state index in [0.29, 0.717) is 11.3 Å². The third-order valence-electron chi connectivity index (χ3n) is 4.65. The van der Waals surface area contributed by atoms with Crippen molar-refractivity contribution in [1.29, 1.82) is 0 Å². The lowest BCUT2D eigenvalue weighted by atomic mass is 10.1. The molecule has 2 N–H and O–H groups in total. The van der Waals surface area contributed by atoms with Crippen molar-refractivity contribution < 1.29 is 22.7 Å². The molecule has 1 atom stereocenters. The van der Waals surface area contributed by atoms with Crippen molar-refractivity contribution >= 4 is 44.9 Å². The van der Waals surface area contributed by atoms with Gasteiger partial charge in [0, 0.05) is 11.9 Å². The van der Waals surface area contributed by atoms with Crippen molar-refractivity contribution in [2.75, 3.05) is 10.0 Å². The molecule has 0 aliphatic carbocycles. The highest BCUT2D eigenvalue weighted by molar-refractivity contribution is 7.92. The van der Waals surface area contributed by atoms with Crippen molar-refractivity contribution in [2.45, 2.75) is 31.8 Å². The number of amides is 1. The van der Waals surface area contributed by atoms with Gasteiger partial charge in [-0.05, 0) is 68.3 Å². The number of carbonyl (C=O) groups is 2. The lowest BCUT2D eigenvalue weighted by Gasteiger charge is -2.15. The Morgan fingerprint density at radius 1 is 1.06 bits per heavy atom. The van der Waals surface area contributed by atoms with Gasteiger partial charge in [-0.2, -0.15) is 0 Å². The quantitative estimate of drug-likeness (QED) is 0.378. The highest BCUT2D eigenvalue weighted by Crippen LogP contribution is 2.22. The van der Waals surface area contributed by atoms with Gasteiger partial charge in [0.2, 0.25) is 0 Å². The molecule has 0 aliphatic rings. The van der Waals surface area contributed by atoms with E-state index < -0.39 is 28.0 Å². The van der Waals surface area contributed by atoms with Crippen LogP contribution >= 0.6 is 11.6 Å². The first-order chi connectivity index (χ1) is 15.6. The highest BCUT2D eigenvalue weighted by atomic mass is 35.5. The van der Waals surface area contributed by atoms with E-state index in [1.807, 2.05) is 13.0 Å². The van der Waals surface area contributed by atoms with Crippen LogP contribution in [-0.2, 0) is 19.6 Å². The molecule has 0 spiro atoms. The summed E-state index contributed by atoms with van der Waals surface area (Å²) in [6, 6.07) is 14.2. The molecule has 172 valence electrons. The van der Waals surface area contributed by atoms with Gasteiger partial charge in [0.1, 0.15) is 0 Å². The van der Waals surface area contributed by atoms with E-state index in [-0.39, 0.29) is 21.3 Å². The number of hydrogen-bond donors (Lipinski definition) is 2. The molecule has 0 bridgehead atoms. The van der Waals surface area contributed by atoms with Crippen LogP contribution in [-0.4, -0.2) is 31.4 Å². The minimum absolute atomic E-state index is 0.00993. The summed E-state index contributed by atoms with van der Waals surface area (Å²) in [5.74, 6) is -1.46. The van der Waals surface area contributed by atoms with Crippen molar-refractivity contribution in [3.63, 3.8) is 0 Å². The van der Waals surface area contributed by atoms with Gasteiger partial charge < -0.3 is 10.1 Å². The highest BCUT2D eigenvalue weighted by Gasteiger charge is 2.23. The molecule has 1 amide bonds. The van der Waals surface area contributed by atoms with E-state index in [1.165, 1.54) is 31.3 Å². The van der Waals surface area contributed by atoms with Gasteiger partial charge in [0.05, 0.1) is 16.1 Å². The Morgan fingerprint density at radius 3 is 2.52 bits per heavy atom. The van der Waals surface area contributed by atoms with Crippen LogP contribution in [0.3, 0.4) is 0 Å². The fourth-order valence-corrected chi connectivity index (χ4v) is 4.42. The smallest absolute Gasteiger partial charge is 0.338 e. The van der Waals surface area contributed by atoms with Gasteiger partial charge in [-0.25, -0.2) is 18.2 Å². The summed E-state index contributed by atoms with van der Waals surface area (Å²) < 4.78 is 33.6. The van der Waals surface area contributed by atoms with Crippen LogP contribution in [0.2, 0.25) is 5.15 Å². The first kappa shape index (κ1) is 24.2. The first-order valence-corrected chi connectivity index (χ1v) is 11.8. The molecule has 0 radical (unpaired) electrons. The van der Waals surface area contributed by atoms with Crippen LogP contribution in [0, 0.1) is 13.8 Å². The Labute approximate surface area is 197 Å². The number of benzene rings is 2. The summed E-state index contributed by atoms with van der Waals surface area (Å²) in [5.41, 5.74) is 2.01. The second-order valence-electron chi connectivity index (χ2n) is 7.33. The second-order valence-corrected chi connectivity index (χ2v) is 9.34. The number of halogens is 1. The predicted molar refractivity (Wildman–Crippen MR) is 126 cm³/mol. The summed E-state index contributed by atoms with van der Waals surface area (Å²) in [6.45, 7) is 4.86. The van der Waals surface area contributed by atoms with Crippen molar-refractivity contribution in [3.8, 4) is 0 Å². The lowest BCUT2D eigenvalue weighted by Crippen LogP contribution is -2.30. The Hall–Kier alpha value is -3.43. The number of nitrogens with zero attached hydrogens (tertiary/aromatic N) is 1. The van der Waals surface area contributed by atoms with Crippen LogP contribution in [0.4, 0.5) is 11.4 Å². The minimum atomic E-state index is -3.97. The molecule has 0 aliphatic heterocycles. The molecule has 0 saturated heterocycles. The van der Waals surface area contributed by atoms with Gasteiger partial charge in [-0.15, -0.1) is 0 Å². The molecule has 1 aromatic heterocycles. The van der Waals surface area contributed by atoms with Gasteiger partial charge >= 0.3 is 5.97 Å². The number of hydrogen-bond acceptors (Lipinski definition) is 6. The van der Waals surface area contributed by atoms with Crippen LogP contribution in [0.1, 0.15) is 28.4 Å². The van der Waals surface area contributed by atoms with Crippen molar-refractivity contribution in [2.24, 2.45) is 0 Å². The van der Waals surface area contributed by atoms with Gasteiger partial charge in [-0.3, -0.25) is 9.52 Å². The standard InChI is InChI=1S/C23H22ClN3O5S/c1-14-6-4-7-18(12-14)27-33(30,31)20-13-17(10-9-15(20)2)23(29)32-16(3)22(28)26-19-8-5-11-25-21(19)24/h4-13,16,27H,1-3H3,(H,26,28). The molecule has 3 rings (SSSR count). The number of ether oxygens (including phenoxy) is 1. The number of esters is 1. The molecule has 8 nitrogen and oxygen atoms in total. The van der Waals surface area contributed by atoms with E-state index in [4.69, 9.17) is 16.3 Å². The third kappa shape index (κ3) is 6.09. The number of nitrogens with one attached hydrogen (secondary N) is 2. The largest absolute Gasteiger partial charge is 0.449 e. The van der Waals surface area contributed by atoms with Crippen LogP contribution in [0.25, 0.3) is 0 Å². The molecule has 0 saturated carbocycles. The second kappa shape index (κ2) is 10.0. The Kier molecular flexibility index (Phi) is 7.35. The first-order valence-electron chi connectivity index (χ1n) is 9.89. The van der Waals surface area contributed by atoms with E-state index in [2.05, 4.69) is 15.0 Å². The molecular weight excluding hydrogens is 466 g/mol. The Balaban J connectivity index is 1.75. The minimum Gasteiger partial charge on any atom is -0.449 e. The molecule has 33 heavy (non-hydrogen) atoms. The van der Waals surface area contributed by atoms with Gasteiger partial charge in [0.15, 0.2) is 11.3 Å². The predicted octanol–water partition coefficient (Wildman–Crippen LogP) is 4.34. The molecule has 0 fully saturated rings. The molecule has 2 aromatic carbocycles. The Bertz CT molecular complexity index is 1310. The summed E-state index contributed by atoms with van der Waals surface area (Å²) in [4.78, 5) is 28.8. The monoisotopic (exact) mass is 487 g/mol.